The fourth-order valence-electron chi connectivity index (χ4n) is 0.967. The number of ether oxygens (including phenoxy) is 1. The number of nitrogens with one attached hydrogen (secondary N) is 1. The van der Waals surface area contributed by atoms with Crippen molar-refractivity contribution in [2.45, 2.75) is 6.92 Å². The van der Waals surface area contributed by atoms with Crippen LogP contribution in [-0.2, 0) is 4.74 Å². The molecule has 0 radical (unpaired) electrons. The van der Waals surface area contributed by atoms with Gasteiger partial charge in [0.15, 0.2) is 0 Å². The Morgan fingerprint density at radius 2 is 2.47 bits per heavy atom. The number of rotatable bonds is 6. The predicted octanol–water partition coefficient (Wildman–Crippen LogP) is 0.190. The van der Waals surface area contributed by atoms with Crippen molar-refractivity contribution in [1.82, 2.24) is 9.69 Å². The van der Waals surface area contributed by atoms with E-state index in [1.165, 1.54) is 11.5 Å². The molecule has 0 spiro atoms. The van der Waals surface area contributed by atoms with Gasteiger partial charge in [-0.25, -0.2) is 0 Å². The summed E-state index contributed by atoms with van der Waals surface area (Å²) >= 11 is 1.30. The van der Waals surface area contributed by atoms with Gasteiger partial charge in [-0.1, -0.05) is 0 Å². The lowest BCUT2D eigenvalue weighted by Crippen LogP contribution is -2.27. The number of hydrogen-bond acceptors (Lipinski definition) is 5. The van der Waals surface area contributed by atoms with E-state index in [1.807, 2.05) is 6.92 Å². The van der Waals surface area contributed by atoms with Crippen molar-refractivity contribution >= 4 is 17.4 Å². The van der Waals surface area contributed by atoms with Crippen LogP contribution >= 0.6 is 11.5 Å². The molecule has 0 aliphatic heterocycles. The first-order chi connectivity index (χ1) is 7.24. The molecule has 0 unspecified atom stereocenters. The third kappa shape index (κ3) is 4.37. The average molecular weight is 230 g/mol. The Labute approximate surface area is 92.2 Å². The lowest BCUT2D eigenvalue weighted by atomic mass is 10.3. The van der Waals surface area contributed by atoms with E-state index in [2.05, 4.69) is 9.69 Å². The van der Waals surface area contributed by atoms with Crippen LogP contribution in [0.15, 0.2) is 6.07 Å². The van der Waals surface area contributed by atoms with Gasteiger partial charge >= 0.3 is 0 Å². The first kappa shape index (κ1) is 12.1. The molecule has 0 aromatic carbocycles. The summed E-state index contributed by atoms with van der Waals surface area (Å²) in [5.74, 6) is -0.188. The van der Waals surface area contributed by atoms with Crippen molar-refractivity contribution in [2.24, 2.45) is 0 Å². The van der Waals surface area contributed by atoms with Crippen LogP contribution in [0.3, 0.4) is 0 Å². The number of aryl methyl sites for hydroxylation is 1. The molecule has 0 saturated heterocycles. The standard InChI is InChI=1S/C9H14N2O3S/c1-7-6-8(11-15-7)9(13)10-2-4-14-5-3-12/h6,12H,2-5H2,1H3,(H,10,13). The van der Waals surface area contributed by atoms with Gasteiger partial charge in [-0.3, -0.25) is 4.79 Å². The van der Waals surface area contributed by atoms with Gasteiger partial charge in [-0.05, 0) is 24.5 Å². The first-order valence-electron chi connectivity index (χ1n) is 4.64. The molecule has 0 bridgehead atoms. The quantitative estimate of drug-likeness (QED) is 0.684. The SMILES string of the molecule is Cc1cc(C(=O)NCCOCCO)ns1. The number of aliphatic hydroxyl groups is 1. The largest absolute Gasteiger partial charge is 0.394 e. The molecule has 1 heterocycles. The zero-order valence-electron chi connectivity index (χ0n) is 8.52. The lowest BCUT2D eigenvalue weighted by molar-refractivity contribution is 0.0836. The maximum Gasteiger partial charge on any atom is 0.271 e. The van der Waals surface area contributed by atoms with Gasteiger partial charge in [0.1, 0.15) is 5.69 Å². The van der Waals surface area contributed by atoms with Crippen molar-refractivity contribution in [3.63, 3.8) is 0 Å². The van der Waals surface area contributed by atoms with E-state index in [-0.39, 0.29) is 12.5 Å². The van der Waals surface area contributed by atoms with Gasteiger partial charge in [0.05, 0.1) is 19.8 Å². The Morgan fingerprint density at radius 3 is 3.07 bits per heavy atom. The van der Waals surface area contributed by atoms with Gasteiger partial charge in [0.2, 0.25) is 0 Å². The zero-order valence-corrected chi connectivity index (χ0v) is 9.34. The van der Waals surface area contributed by atoms with Crippen molar-refractivity contribution < 1.29 is 14.6 Å². The van der Waals surface area contributed by atoms with Crippen molar-refractivity contribution in [3.05, 3.63) is 16.6 Å². The molecule has 0 saturated carbocycles. The van der Waals surface area contributed by atoms with Gasteiger partial charge < -0.3 is 15.2 Å². The van der Waals surface area contributed by atoms with Crippen molar-refractivity contribution in [2.75, 3.05) is 26.4 Å². The number of carbonyl (C=O) groups is 1. The van der Waals surface area contributed by atoms with Crippen LogP contribution in [0.25, 0.3) is 0 Å². The minimum Gasteiger partial charge on any atom is -0.394 e. The number of aromatic nitrogens is 1. The number of nitrogens with zero attached hydrogens (tertiary/aromatic N) is 1. The van der Waals surface area contributed by atoms with Gasteiger partial charge in [-0.2, -0.15) is 4.37 Å². The maximum atomic E-state index is 11.4. The molecular formula is C9H14N2O3S. The molecule has 1 aromatic rings. The summed E-state index contributed by atoms with van der Waals surface area (Å²) in [6.45, 7) is 3.02. The van der Waals surface area contributed by atoms with Crippen LogP contribution in [0.1, 0.15) is 15.4 Å². The summed E-state index contributed by atoms with van der Waals surface area (Å²) in [6, 6.07) is 1.74. The van der Waals surface area contributed by atoms with Crippen LogP contribution < -0.4 is 5.32 Å². The van der Waals surface area contributed by atoms with E-state index in [4.69, 9.17) is 9.84 Å². The van der Waals surface area contributed by atoms with Crippen molar-refractivity contribution in [1.29, 1.82) is 0 Å². The summed E-state index contributed by atoms with van der Waals surface area (Å²) in [5, 5.41) is 11.1. The Bertz CT molecular complexity index is 314. The molecule has 6 heteroatoms. The summed E-state index contributed by atoms with van der Waals surface area (Å²) in [7, 11) is 0. The second-order valence-corrected chi connectivity index (χ2v) is 3.92. The fourth-order valence-corrected chi connectivity index (χ4v) is 1.51. The highest BCUT2D eigenvalue weighted by Gasteiger charge is 2.07. The highest BCUT2D eigenvalue weighted by atomic mass is 32.1. The predicted molar refractivity (Wildman–Crippen MR) is 57.1 cm³/mol. The van der Waals surface area contributed by atoms with Gasteiger partial charge in [0.25, 0.3) is 5.91 Å². The molecule has 0 atom stereocenters. The smallest absolute Gasteiger partial charge is 0.271 e. The summed E-state index contributed by atoms with van der Waals surface area (Å²) < 4.78 is 8.97. The molecule has 1 amide bonds. The van der Waals surface area contributed by atoms with Crippen LogP contribution in [0.5, 0.6) is 0 Å². The third-order valence-electron chi connectivity index (χ3n) is 1.63. The molecule has 2 N–H and O–H groups in total. The number of hydrogen-bond donors (Lipinski definition) is 2. The molecule has 5 nitrogen and oxygen atoms in total. The summed E-state index contributed by atoms with van der Waals surface area (Å²) in [6.07, 6.45) is 0. The highest BCUT2D eigenvalue weighted by Crippen LogP contribution is 2.07. The Kier molecular flexibility index (Phi) is 5.23. The monoisotopic (exact) mass is 230 g/mol. The average Bonchev–Trinajstić information content (AvgIpc) is 2.64. The normalized spacial score (nSPS) is 10.3. The van der Waals surface area contributed by atoms with E-state index < -0.39 is 0 Å². The lowest BCUT2D eigenvalue weighted by Gasteiger charge is -2.03. The van der Waals surface area contributed by atoms with E-state index in [0.717, 1.165) is 4.88 Å². The third-order valence-corrected chi connectivity index (χ3v) is 2.32. The van der Waals surface area contributed by atoms with Crippen LogP contribution in [0.2, 0.25) is 0 Å². The molecule has 0 aliphatic rings. The summed E-state index contributed by atoms with van der Waals surface area (Å²) in [4.78, 5) is 12.4. The van der Waals surface area contributed by atoms with E-state index in [9.17, 15) is 4.79 Å². The molecule has 1 rings (SSSR count). The Morgan fingerprint density at radius 1 is 1.67 bits per heavy atom. The second kappa shape index (κ2) is 6.49. The molecule has 1 aromatic heterocycles. The zero-order chi connectivity index (χ0) is 11.1. The van der Waals surface area contributed by atoms with E-state index in [0.29, 0.717) is 25.5 Å². The molecular weight excluding hydrogens is 216 g/mol. The summed E-state index contributed by atoms with van der Waals surface area (Å²) in [5.41, 5.74) is 0.444. The molecule has 84 valence electrons. The fraction of sp³-hybridized carbons (Fsp3) is 0.556. The topological polar surface area (TPSA) is 71.5 Å². The Balaban J connectivity index is 2.19. The van der Waals surface area contributed by atoms with E-state index >= 15 is 0 Å². The van der Waals surface area contributed by atoms with Crippen LogP contribution in [-0.4, -0.2) is 41.8 Å². The number of amides is 1. The first-order valence-corrected chi connectivity index (χ1v) is 5.41. The Hall–Kier alpha value is -0.980. The number of aliphatic hydroxyl groups excluding tert-OH is 1. The highest BCUT2D eigenvalue weighted by molar-refractivity contribution is 7.05. The molecule has 0 aliphatic carbocycles. The minimum atomic E-state index is -0.188. The number of carbonyl (C=O) groups excluding carboxylic acids is 1. The minimum absolute atomic E-state index is 0.000767. The second-order valence-electron chi connectivity index (χ2n) is 2.91. The maximum absolute atomic E-state index is 11.4. The van der Waals surface area contributed by atoms with Crippen LogP contribution in [0, 0.1) is 6.92 Å². The van der Waals surface area contributed by atoms with Gasteiger partial charge in [0, 0.05) is 11.4 Å². The van der Waals surface area contributed by atoms with Gasteiger partial charge in [-0.15, -0.1) is 0 Å². The van der Waals surface area contributed by atoms with Crippen molar-refractivity contribution in [3.8, 4) is 0 Å². The molecule has 15 heavy (non-hydrogen) atoms. The van der Waals surface area contributed by atoms with Crippen LogP contribution in [0.4, 0.5) is 0 Å². The molecule has 0 fully saturated rings. The van der Waals surface area contributed by atoms with E-state index in [1.54, 1.807) is 6.07 Å².